The molecule has 0 bridgehead atoms. The van der Waals surface area contributed by atoms with Crippen molar-refractivity contribution in [1.29, 1.82) is 0 Å². The molecule has 0 saturated carbocycles. The molecule has 1 aromatic carbocycles. The van der Waals surface area contributed by atoms with E-state index >= 15 is 0 Å². The van der Waals surface area contributed by atoms with Crippen LogP contribution in [-0.2, 0) is 4.74 Å². The molecular weight excluding hydrogens is 230 g/mol. The molecule has 1 N–H and O–H groups in total. The third kappa shape index (κ3) is 5.19. The van der Waals surface area contributed by atoms with E-state index in [1.807, 2.05) is 12.1 Å². The zero-order chi connectivity index (χ0) is 13.4. The summed E-state index contributed by atoms with van der Waals surface area (Å²) in [6.07, 6.45) is 0. The number of ether oxygens (including phenoxy) is 2. The minimum atomic E-state index is -0.109. The number of carbonyl (C=O) groups is 1. The fourth-order valence-corrected chi connectivity index (χ4v) is 1.36. The van der Waals surface area contributed by atoms with Crippen LogP contribution in [0.5, 0.6) is 5.75 Å². The van der Waals surface area contributed by atoms with Crippen molar-refractivity contribution >= 4 is 5.91 Å². The number of carbonyl (C=O) groups excluding carboxylic acids is 1. The van der Waals surface area contributed by atoms with Gasteiger partial charge in [0.2, 0.25) is 0 Å². The predicted molar refractivity (Wildman–Crippen MR) is 71.0 cm³/mol. The van der Waals surface area contributed by atoms with Crippen molar-refractivity contribution in [1.82, 2.24) is 5.32 Å². The van der Waals surface area contributed by atoms with Crippen LogP contribution in [-0.4, -0.2) is 32.8 Å². The van der Waals surface area contributed by atoms with Gasteiger partial charge >= 0.3 is 0 Å². The summed E-state index contributed by atoms with van der Waals surface area (Å²) >= 11 is 0. The molecule has 0 unspecified atom stereocenters. The van der Waals surface area contributed by atoms with Gasteiger partial charge in [-0.25, -0.2) is 0 Å². The van der Waals surface area contributed by atoms with Gasteiger partial charge in [-0.3, -0.25) is 4.79 Å². The van der Waals surface area contributed by atoms with Gasteiger partial charge in [0.15, 0.2) is 0 Å². The Balaban J connectivity index is 2.55. The standard InChI is InChI=1S/C14H21NO3/c1-11(2)10-18-13-6-4-5-12(9-13)14(16)15-7-8-17-3/h4-6,9,11H,7-8,10H2,1-3H3,(H,15,16). The number of rotatable bonds is 7. The summed E-state index contributed by atoms with van der Waals surface area (Å²) in [6, 6.07) is 7.20. The first-order valence-electron chi connectivity index (χ1n) is 6.13. The molecule has 1 amide bonds. The van der Waals surface area contributed by atoms with Gasteiger partial charge in [0, 0.05) is 19.2 Å². The quantitative estimate of drug-likeness (QED) is 0.755. The second-order valence-electron chi connectivity index (χ2n) is 4.48. The number of methoxy groups -OCH3 is 1. The average Bonchev–Trinajstić information content (AvgIpc) is 2.37. The van der Waals surface area contributed by atoms with E-state index in [0.29, 0.717) is 31.2 Å². The number of nitrogens with one attached hydrogen (secondary N) is 1. The highest BCUT2D eigenvalue weighted by Crippen LogP contribution is 2.14. The Morgan fingerprint density at radius 3 is 2.83 bits per heavy atom. The minimum absolute atomic E-state index is 0.109. The van der Waals surface area contributed by atoms with E-state index in [4.69, 9.17) is 9.47 Å². The number of hydrogen-bond acceptors (Lipinski definition) is 3. The van der Waals surface area contributed by atoms with Gasteiger partial charge in [-0.05, 0) is 24.1 Å². The fraction of sp³-hybridized carbons (Fsp3) is 0.500. The summed E-state index contributed by atoms with van der Waals surface area (Å²) in [5.41, 5.74) is 0.604. The van der Waals surface area contributed by atoms with Gasteiger partial charge in [-0.15, -0.1) is 0 Å². The molecule has 1 aromatic rings. The van der Waals surface area contributed by atoms with Crippen LogP contribution in [0.1, 0.15) is 24.2 Å². The second-order valence-corrected chi connectivity index (χ2v) is 4.48. The van der Waals surface area contributed by atoms with E-state index in [1.54, 1.807) is 19.2 Å². The molecule has 0 saturated heterocycles. The van der Waals surface area contributed by atoms with Gasteiger partial charge in [-0.2, -0.15) is 0 Å². The lowest BCUT2D eigenvalue weighted by Gasteiger charge is -2.10. The van der Waals surface area contributed by atoms with Gasteiger partial charge in [0.05, 0.1) is 13.2 Å². The van der Waals surface area contributed by atoms with E-state index in [-0.39, 0.29) is 5.91 Å². The van der Waals surface area contributed by atoms with E-state index in [2.05, 4.69) is 19.2 Å². The maximum atomic E-state index is 11.8. The molecule has 4 nitrogen and oxygen atoms in total. The summed E-state index contributed by atoms with van der Waals surface area (Å²) in [6.45, 7) is 5.83. The van der Waals surface area contributed by atoms with E-state index in [0.717, 1.165) is 5.75 Å². The molecule has 0 atom stereocenters. The lowest BCUT2D eigenvalue weighted by atomic mass is 10.2. The van der Waals surface area contributed by atoms with Crippen molar-refractivity contribution in [3.8, 4) is 5.75 Å². The minimum Gasteiger partial charge on any atom is -0.493 e. The highest BCUT2D eigenvalue weighted by Gasteiger charge is 2.06. The first-order chi connectivity index (χ1) is 8.63. The maximum absolute atomic E-state index is 11.8. The lowest BCUT2D eigenvalue weighted by Crippen LogP contribution is -2.26. The summed E-state index contributed by atoms with van der Waals surface area (Å²) in [4.78, 5) is 11.8. The van der Waals surface area contributed by atoms with Crippen LogP contribution < -0.4 is 10.1 Å². The third-order valence-electron chi connectivity index (χ3n) is 2.27. The SMILES string of the molecule is COCCNC(=O)c1cccc(OCC(C)C)c1. The summed E-state index contributed by atoms with van der Waals surface area (Å²) < 4.78 is 10.5. The largest absolute Gasteiger partial charge is 0.493 e. The second kappa shape index (κ2) is 7.71. The Morgan fingerprint density at radius 1 is 1.39 bits per heavy atom. The smallest absolute Gasteiger partial charge is 0.251 e. The van der Waals surface area contributed by atoms with Crippen molar-refractivity contribution in [2.75, 3.05) is 26.9 Å². The maximum Gasteiger partial charge on any atom is 0.251 e. The molecule has 0 radical (unpaired) electrons. The number of amides is 1. The van der Waals surface area contributed by atoms with Crippen LogP contribution in [0, 0.1) is 5.92 Å². The van der Waals surface area contributed by atoms with Gasteiger partial charge in [-0.1, -0.05) is 19.9 Å². The van der Waals surface area contributed by atoms with E-state index < -0.39 is 0 Å². The first kappa shape index (κ1) is 14.5. The van der Waals surface area contributed by atoms with Crippen LogP contribution in [0.3, 0.4) is 0 Å². The summed E-state index contributed by atoms with van der Waals surface area (Å²) in [5.74, 6) is 1.08. The van der Waals surface area contributed by atoms with Crippen molar-refractivity contribution in [2.45, 2.75) is 13.8 Å². The molecule has 0 aromatic heterocycles. The van der Waals surface area contributed by atoms with Crippen molar-refractivity contribution in [3.05, 3.63) is 29.8 Å². The molecule has 100 valence electrons. The third-order valence-corrected chi connectivity index (χ3v) is 2.27. The molecule has 0 aliphatic rings. The number of hydrogen-bond donors (Lipinski definition) is 1. The Kier molecular flexibility index (Phi) is 6.22. The molecule has 0 aliphatic carbocycles. The zero-order valence-electron chi connectivity index (χ0n) is 11.2. The Bertz CT molecular complexity index is 377. The van der Waals surface area contributed by atoms with Crippen LogP contribution in [0.4, 0.5) is 0 Å². The van der Waals surface area contributed by atoms with Gasteiger partial charge in [0.1, 0.15) is 5.75 Å². The summed E-state index contributed by atoms with van der Waals surface area (Å²) in [5, 5.41) is 2.77. The zero-order valence-corrected chi connectivity index (χ0v) is 11.2. The van der Waals surface area contributed by atoms with E-state index in [1.165, 1.54) is 0 Å². The fourth-order valence-electron chi connectivity index (χ4n) is 1.36. The highest BCUT2D eigenvalue weighted by atomic mass is 16.5. The molecule has 4 heteroatoms. The van der Waals surface area contributed by atoms with Crippen molar-refractivity contribution < 1.29 is 14.3 Å². The van der Waals surface area contributed by atoms with Crippen LogP contribution in [0.25, 0.3) is 0 Å². The molecule has 0 heterocycles. The van der Waals surface area contributed by atoms with Gasteiger partial charge < -0.3 is 14.8 Å². The normalized spacial score (nSPS) is 10.4. The monoisotopic (exact) mass is 251 g/mol. The molecule has 0 aliphatic heterocycles. The predicted octanol–water partition coefficient (Wildman–Crippen LogP) is 2.10. The topological polar surface area (TPSA) is 47.6 Å². The summed E-state index contributed by atoms with van der Waals surface area (Å²) in [7, 11) is 1.60. The number of benzene rings is 1. The molecule has 0 fully saturated rings. The Morgan fingerprint density at radius 2 is 2.17 bits per heavy atom. The van der Waals surface area contributed by atoms with Crippen LogP contribution in [0.2, 0.25) is 0 Å². The van der Waals surface area contributed by atoms with Gasteiger partial charge in [0.25, 0.3) is 5.91 Å². The van der Waals surface area contributed by atoms with Crippen molar-refractivity contribution in [2.24, 2.45) is 5.92 Å². The lowest BCUT2D eigenvalue weighted by molar-refractivity contribution is 0.0936. The highest BCUT2D eigenvalue weighted by molar-refractivity contribution is 5.94. The molecule has 18 heavy (non-hydrogen) atoms. The molecule has 0 spiro atoms. The van der Waals surface area contributed by atoms with Crippen LogP contribution in [0.15, 0.2) is 24.3 Å². The van der Waals surface area contributed by atoms with Crippen molar-refractivity contribution in [3.63, 3.8) is 0 Å². The average molecular weight is 251 g/mol. The Labute approximate surface area is 108 Å². The van der Waals surface area contributed by atoms with E-state index in [9.17, 15) is 4.79 Å². The Hall–Kier alpha value is -1.55. The first-order valence-corrected chi connectivity index (χ1v) is 6.13. The molecular formula is C14H21NO3. The molecule has 1 rings (SSSR count). The van der Waals surface area contributed by atoms with Crippen LogP contribution >= 0.6 is 0 Å².